The molecule has 1 aliphatic rings. The maximum atomic E-state index is 12.6. The predicted octanol–water partition coefficient (Wildman–Crippen LogP) is 1.05. The van der Waals surface area contributed by atoms with Crippen molar-refractivity contribution in [2.75, 3.05) is 26.4 Å². The van der Waals surface area contributed by atoms with E-state index in [-0.39, 0.29) is 18.0 Å². The Morgan fingerprint density at radius 3 is 2.42 bits per heavy atom. The molecule has 24 heavy (non-hydrogen) atoms. The Labute approximate surface area is 144 Å². The number of hydrogen-bond donors (Lipinski definition) is 1. The number of amides is 1. The Hall–Kier alpha value is -1.44. The lowest BCUT2D eigenvalue weighted by Gasteiger charge is -2.36. The molecule has 1 atom stereocenters. The van der Waals surface area contributed by atoms with Crippen LogP contribution in [0, 0.1) is 0 Å². The fourth-order valence-electron chi connectivity index (χ4n) is 3.12. The molecule has 1 N–H and O–H groups in total. The van der Waals surface area contributed by atoms with E-state index in [0.29, 0.717) is 6.54 Å². The molecule has 1 unspecified atom stereocenters. The van der Waals surface area contributed by atoms with Gasteiger partial charge in [-0.1, -0.05) is 30.3 Å². The van der Waals surface area contributed by atoms with Crippen LogP contribution in [0.3, 0.4) is 0 Å². The van der Waals surface area contributed by atoms with Gasteiger partial charge in [-0.25, -0.2) is 13.1 Å². The summed E-state index contributed by atoms with van der Waals surface area (Å²) in [6, 6.07) is 9.70. The van der Waals surface area contributed by atoms with Crippen LogP contribution in [0.5, 0.6) is 0 Å². The predicted molar refractivity (Wildman–Crippen MR) is 95.0 cm³/mol. The number of benzene rings is 1. The maximum Gasteiger partial charge on any atom is 0.239 e. The van der Waals surface area contributed by atoms with Crippen LogP contribution in [0.1, 0.15) is 25.3 Å². The highest BCUT2D eigenvalue weighted by atomic mass is 32.2. The third-order valence-corrected chi connectivity index (χ3v) is 5.22. The number of likely N-dealkylation sites (tertiary alicyclic amines) is 1. The number of hydrogen-bond acceptors (Lipinski definition) is 4. The summed E-state index contributed by atoms with van der Waals surface area (Å²) in [5.74, 6) is 0.0911. The molecular formula is C17H27N3O3S. The van der Waals surface area contributed by atoms with Crippen LogP contribution in [-0.2, 0) is 21.4 Å². The average Bonchev–Trinajstić information content (AvgIpc) is 2.53. The third kappa shape index (κ3) is 5.58. The molecule has 6 nitrogen and oxygen atoms in total. The van der Waals surface area contributed by atoms with Gasteiger partial charge in [0, 0.05) is 32.7 Å². The van der Waals surface area contributed by atoms with Crippen LogP contribution >= 0.6 is 0 Å². The molecule has 1 aromatic carbocycles. The molecule has 0 bridgehead atoms. The Kier molecular flexibility index (Phi) is 6.37. The normalized spacial score (nSPS) is 18.3. The van der Waals surface area contributed by atoms with Gasteiger partial charge in [-0.3, -0.25) is 9.69 Å². The minimum Gasteiger partial charge on any atom is -0.340 e. The first kappa shape index (κ1) is 18.9. The summed E-state index contributed by atoms with van der Waals surface area (Å²) in [7, 11) is -1.35. The van der Waals surface area contributed by atoms with Crippen LogP contribution in [0.4, 0.5) is 0 Å². The zero-order chi connectivity index (χ0) is 17.7. The van der Waals surface area contributed by atoms with E-state index in [1.807, 2.05) is 44.3 Å². The molecule has 2 rings (SSSR count). The first-order valence-corrected chi connectivity index (χ1v) is 10.2. The van der Waals surface area contributed by atoms with Gasteiger partial charge in [-0.2, -0.15) is 0 Å². The van der Waals surface area contributed by atoms with Crippen LogP contribution in [0.2, 0.25) is 0 Å². The van der Waals surface area contributed by atoms with Gasteiger partial charge in [-0.05, 0) is 25.3 Å². The first-order valence-electron chi connectivity index (χ1n) is 8.26. The van der Waals surface area contributed by atoms with Crippen molar-refractivity contribution in [2.45, 2.75) is 38.4 Å². The summed E-state index contributed by atoms with van der Waals surface area (Å²) < 4.78 is 25.3. The summed E-state index contributed by atoms with van der Waals surface area (Å²) in [5.41, 5.74) is 1.11. The Balaban J connectivity index is 1.85. The van der Waals surface area contributed by atoms with E-state index >= 15 is 0 Å². The van der Waals surface area contributed by atoms with Crippen molar-refractivity contribution >= 4 is 15.9 Å². The highest BCUT2D eigenvalue weighted by Gasteiger charge is 2.29. The van der Waals surface area contributed by atoms with Crippen LogP contribution < -0.4 is 4.72 Å². The van der Waals surface area contributed by atoms with Crippen molar-refractivity contribution in [3.63, 3.8) is 0 Å². The quantitative estimate of drug-likeness (QED) is 0.830. The molecule has 1 heterocycles. The van der Waals surface area contributed by atoms with Crippen molar-refractivity contribution < 1.29 is 13.2 Å². The minimum atomic E-state index is -3.17. The monoisotopic (exact) mass is 353 g/mol. The lowest BCUT2D eigenvalue weighted by Crippen LogP contribution is -2.51. The number of likely N-dealkylation sites (N-methyl/N-ethyl adjacent to an activating group) is 1. The smallest absolute Gasteiger partial charge is 0.239 e. The molecule has 0 aliphatic carbocycles. The van der Waals surface area contributed by atoms with Crippen molar-refractivity contribution in [1.29, 1.82) is 0 Å². The molecular weight excluding hydrogens is 326 g/mol. The molecule has 0 radical (unpaired) electrons. The van der Waals surface area contributed by atoms with Gasteiger partial charge in [0.2, 0.25) is 15.9 Å². The second-order valence-electron chi connectivity index (χ2n) is 6.56. The van der Waals surface area contributed by atoms with Crippen LogP contribution in [0.25, 0.3) is 0 Å². The Bertz CT molecular complexity index is 640. The molecule has 1 saturated heterocycles. The summed E-state index contributed by atoms with van der Waals surface area (Å²) in [6.07, 6.45) is 2.64. The summed E-state index contributed by atoms with van der Waals surface area (Å²) in [5, 5.41) is 0. The standard InChI is InChI=1S/C17H27N3O3S/c1-14(17(21)19(2)13-15-7-5-4-6-8-15)20-11-9-16(10-12-20)18-24(3,22)23/h4-8,14,16,18H,9-13H2,1-3H3. The first-order chi connectivity index (χ1) is 11.3. The second-order valence-corrected chi connectivity index (χ2v) is 8.34. The van der Waals surface area contributed by atoms with E-state index in [9.17, 15) is 13.2 Å². The number of rotatable bonds is 6. The van der Waals surface area contributed by atoms with Crippen molar-refractivity contribution in [2.24, 2.45) is 0 Å². The van der Waals surface area contributed by atoms with Gasteiger partial charge in [0.15, 0.2) is 0 Å². The highest BCUT2D eigenvalue weighted by molar-refractivity contribution is 7.88. The number of carbonyl (C=O) groups excluding carboxylic acids is 1. The fourth-order valence-corrected chi connectivity index (χ4v) is 3.96. The van der Waals surface area contributed by atoms with E-state index in [1.54, 1.807) is 4.90 Å². The molecule has 1 fully saturated rings. The van der Waals surface area contributed by atoms with E-state index in [2.05, 4.69) is 9.62 Å². The zero-order valence-corrected chi connectivity index (χ0v) is 15.4. The van der Waals surface area contributed by atoms with E-state index in [0.717, 1.165) is 31.5 Å². The molecule has 1 aromatic rings. The van der Waals surface area contributed by atoms with Crippen LogP contribution in [-0.4, -0.2) is 62.6 Å². The minimum absolute atomic E-state index is 0.0272. The van der Waals surface area contributed by atoms with E-state index in [1.165, 1.54) is 6.26 Å². The fraction of sp³-hybridized carbons (Fsp3) is 0.588. The lowest BCUT2D eigenvalue weighted by atomic mass is 10.0. The summed E-state index contributed by atoms with van der Waals surface area (Å²) in [4.78, 5) is 16.5. The molecule has 0 saturated carbocycles. The van der Waals surface area contributed by atoms with Crippen LogP contribution in [0.15, 0.2) is 30.3 Å². The zero-order valence-electron chi connectivity index (χ0n) is 14.6. The second kappa shape index (κ2) is 8.09. The SMILES string of the molecule is CC(C(=O)N(C)Cc1ccccc1)N1CCC(NS(C)(=O)=O)CC1. The average molecular weight is 353 g/mol. The lowest BCUT2D eigenvalue weighted by molar-refractivity contribution is -0.136. The van der Waals surface area contributed by atoms with E-state index < -0.39 is 10.0 Å². The largest absolute Gasteiger partial charge is 0.340 e. The van der Waals surface area contributed by atoms with Crippen molar-refractivity contribution in [1.82, 2.24) is 14.5 Å². The number of sulfonamides is 1. The highest BCUT2D eigenvalue weighted by Crippen LogP contribution is 2.15. The molecule has 0 aromatic heterocycles. The van der Waals surface area contributed by atoms with Gasteiger partial charge in [0.05, 0.1) is 12.3 Å². The molecule has 1 amide bonds. The van der Waals surface area contributed by atoms with Gasteiger partial charge >= 0.3 is 0 Å². The number of carbonyl (C=O) groups is 1. The molecule has 134 valence electrons. The maximum absolute atomic E-state index is 12.6. The summed E-state index contributed by atoms with van der Waals surface area (Å²) in [6.45, 7) is 3.96. The van der Waals surface area contributed by atoms with Gasteiger partial charge < -0.3 is 4.90 Å². The topological polar surface area (TPSA) is 69.7 Å². The van der Waals surface area contributed by atoms with Crippen molar-refractivity contribution in [3.8, 4) is 0 Å². The molecule has 1 aliphatic heterocycles. The molecule has 0 spiro atoms. The van der Waals surface area contributed by atoms with Crippen molar-refractivity contribution in [3.05, 3.63) is 35.9 Å². The van der Waals surface area contributed by atoms with E-state index in [4.69, 9.17) is 0 Å². The van der Waals surface area contributed by atoms with Gasteiger partial charge in [0.1, 0.15) is 0 Å². The Morgan fingerprint density at radius 2 is 1.88 bits per heavy atom. The van der Waals surface area contributed by atoms with Gasteiger partial charge in [0.25, 0.3) is 0 Å². The number of nitrogens with zero attached hydrogens (tertiary/aromatic N) is 2. The summed E-state index contributed by atoms with van der Waals surface area (Å²) >= 11 is 0. The van der Waals surface area contributed by atoms with Gasteiger partial charge in [-0.15, -0.1) is 0 Å². The number of piperidine rings is 1. The molecule has 7 heteroatoms. The Morgan fingerprint density at radius 1 is 1.29 bits per heavy atom. The third-order valence-electron chi connectivity index (χ3n) is 4.45. The number of nitrogens with one attached hydrogen (secondary N) is 1.